The van der Waals surface area contributed by atoms with Gasteiger partial charge in [0.1, 0.15) is 11.8 Å². The lowest BCUT2D eigenvalue weighted by Gasteiger charge is -2.34. The number of anilines is 1. The summed E-state index contributed by atoms with van der Waals surface area (Å²) >= 11 is 6.11. The van der Waals surface area contributed by atoms with Crippen LogP contribution in [0.2, 0.25) is 5.02 Å². The third-order valence-electron chi connectivity index (χ3n) is 6.50. The third-order valence-corrected chi connectivity index (χ3v) is 7.93. The van der Waals surface area contributed by atoms with Crippen LogP contribution in [0.1, 0.15) is 44.7 Å². The molecule has 0 spiro atoms. The van der Waals surface area contributed by atoms with Gasteiger partial charge in [-0.05, 0) is 68.7 Å². The van der Waals surface area contributed by atoms with E-state index in [1.165, 1.54) is 4.31 Å². The van der Waals surface area contributed by atoms with E-state index in [4.69, 9.17) is 16.3 Å². The number of benzene rings is 3. The van der Waals surface area contributed by atoms with Gasteiger partial charge in [0.15, 0.2) is 0 Å². The van der Waals surface area contributed by atoms with Gasteiger partial charge in [0.05, 0.1) is 19.1 Å². The molecule has 0 aliphatic heterocycles. The molecule has 10 heteroatoms. The molecule has 0 aliphatic carbocycles. The van der Waals surface area contributed by atoms with Gasteiger partial charge < -0.3 is 15.0 Å². The molecule has 1 unspecified atom stereocenters. The van der Waals surface area contributed by atoms with Crippen LogP contribution in [0.3, 0.4) is 0 Å². The average molecular weight is 614 g/mol. The van der Waals surface area contributed by atoms with E-state index in [1.807, 2.05) is 75.4 Å². The summed E-state index contributed by atoms with van der Waals surface area (Å²) in [6, 6.07) is 22.7. The predicted molar refractivity (Wildman–Crippen MR) is 168 cm³/mol. The standard InChI is InChI=1S/C32H40ClN3O5S/c1-32(2,3)34-31(38)29(21-24-12-7-6-8-13-24)35(23-25-14-9-17-28(20-25)41-4)30(37)18-11-19-36(42(5,39)40)27-16-10-15-26(33)22-27/h6-10,12-17,20,22,29H,11,18-19,21,23H2,1-5H3,(H,34,38). The Morgan fingerprint density at radius 1 is 0.952 bits per heavy atom. The van der Waals surface area contributed by atoms with Crippen LogP contribution < -0.4 is 14.4 Å². The van der Waals surface area contributed by atoms with Crippen molar-refractivity contribution in [2.24, 2.45) is 0 Å². The first-order valence-corrected chi connectivity index (χ1v) is 16.0. The smallest absolute Gasteiger partial charge is 0.243 e. The highest BCUT2D eigenvalue weighted by atomic mass is 35.5. The number of rotatable bonds is 13. The lowest BCUT2D eigenvalue weighted by Crippen LogP contribution is -2.54. The lowest BCUT2D eigenvalue weighted by molar-refractivity contribution is -0.142. The fourth-order valence-corrected chi connectivity index (χ4v) is 5.75. The van der Waals surface area contributed by atoms with Gasteiger partial charge in [0.2, 0.25) is 21.8 Å². The Morgan fingerprint density at radius 2 is 1.62 bits per heavy atom. The molecule has 0 saturated carbocycles. The number of hydrogen-bond acceptors (Lipinski definition) is 5. The molecule has 1 N–H and O–H groups in total. The maximum atomic E-state index is 14.0. The first-order valence-electron chi connectivity index (χ1n) is 13.8. The first kappa shape index (κ1) is 32.9. The second-order valence-electron chi connectivity index (χ2n) is 11.2. The first-order chi connectivity index (χ1) is 19.8. The molecule has 2 amide bonds. The van der Waals surface area contributed by atoms with Crippen molar-refractivity contribution in [3.8, 4) is 5.75 Å². The molecule has 0 fully saturated rings. The van der Waals surface area contributed by atoms with Crippen LogP contribution in [0.5, 0.6) is 5.75 Å². The van der Waals surface area contributed by atoms with Gasteiger partial charge in [-0.1, -0.05) is 60.1 Å². The van der Waals surface area contributed by atoms with Gasteiger partial charge in [-0.2, -0.15) is 0 Å². The van der Waals surface area contributed by atoms with Crippen molar-refractivity contribution in [3.63, 3.8) is 0 Å². The van der Waals surface area contributed by atoms with Crippen molar-refractivity contribution in [1.82, 2.24) is 10.2 Å². The van der Waals surface area contributed by atoms with Gasteiger partial charge in [-0.3, -0.25) is 13.9 Å². The molecular weight excluding hydrogens is 574 g/mol. The Balaban J connectivity index is 1.92. The molecule has 0 radical (unpaired) electrons. The van der Waals surface area contributed by atoms with Gasteiger partial charge in [-0.15, -0.1) is 0 Å². The van der Waals surface area contributed by atoms with Crippen molar-refractivity contribution < 1.29 is 22.7 Å². The second-order valence-corrected chi connectivity index (χ2v) is 13.6. The molecule has 8 nitrogen and oxygen atoms in total. The normalized spacial score (nSPS) is 12.3. The minimum absolute atomic E-state index is 0.0324. The summed E-state index contributed by atoms with van der Waals surface area (Å²) in [5.74, 6) is 0.116. The monoisotopic (exact) mass is 613 g/mol. The zero-order chi connectivity index (χ0) is 30.9. The highest BCUT2D eigenvalue weighted by Gasteiger charge is 2.32. The largest absolute Gasteiger partial charge is 0.497 e. The zero-order valence-electron chi connectivity index (χ0n) is 24.8. The summed E-state index contributed by atoms with van der Waals surface area (Å²) in [6.07, 6.45) is 1.71. The van der Waals surface area contributed by atoms with Gasteiger partial charge in [0.25, 0.3) is 0 Å². The highest BCUT2D eigenvalue weighted by Crippen LogP contribution is 2.24. The number of carbonyl (C=O) groups is 2. The third kappa shape index (κ3) is 10.1. The van der Waals surface area contributed by atoms with E-state index < -0.39 is 21.6 Å². The maximum Gasteiger partial charge on any atom is 0.243 e. The van der Waals surface area contributed by atoms with Gasteiger partial charge in [-0.25, -0.2) is 8.42 Å². The molecule has 3 rings (SSSR count). The van der Waals surface area contributed by atoms with Crippen molar-refractivity contribution >= 4 is 39.1 Å². The van der Waals surface area contributed by atoms with Crippen molar-refractivity contribution in [2.75, 3.05) is 24.2 Å². The van der Waals surface area contributed by atoms with Crippen LogP contribution in [0.25, 0.3) is 0 Å². The van der Waals surface area contributed by atoms with Crippen molar-refractivity contribution in [3.05, 3.63) is 95.0 Å². The minimum Gasteiger partial charge on any atom is -0.497 e. The van der Waals surface area contributed by atoms with Crippen LogP contribution in [0, 0.1) is 0 Å². The molecule has 0 aliphatic rings. The molecule has 226 valence electrons. The zero-order valence-corrected chi connectivity index (χ0v) is 26.4. The Bertz CT molecular complexity index is 1460. The maximum absolute atomic E-state index is 14.0. The molecule has 0 bridgehead atoms. The summed E-state index contributed by atoms with van der Waals surface area (Å²) < 4.78 is 31.8. The van der Waals surface area contributed by atoms with E-state index in [0.717, 1.165) is 17.4 Å². The Morgan fingerprint density at radius 3 is 2.24 bits per heavy atom. The van der Waals surface area contributed by atoms with Crippen LogP contribution >= 0.6 is 11.6 Å². The van der Waals surface area contributed by atoms with Crippen LogP contribution in [-0.2, 0) is 32.6 Å². The van der Waals surface area contributed by atoms with E-state index in [9.17, 15) is 18.0 Å². The molecule has 0 saturated heterocycles. The molecule has 1 atom stereocenters. The van der Waals surface area contributed by atoms with E-state index >= 15 is 0 Å². The molecule has 0 aromatic heterocycles. The SMILES string of the molecule is COc1cccc(CN(C(=O)CCCN(c2cccc(Cl)c2)S(C)(=O)=O)C(Cc2ccccc2)C(=O)NC(C)(C)C)c1. The van der Waals surface area contributed by atoms with Crippen molar-refractivity contribution in [2.45, 2.75) is 58.2 Å². The topological polar surface area (TPSA) is 96.0 Å². The van der Waals surface area contributed by atoms with Crippen LogP contribution in [0.15, 0.2) is 78.9 Å². The predicted octanol–water partition coefficient (Wildman–Crippen LogP) is 5.45. The Labute approximate surface area is 254 Å². The summed E-state index contributed by atoms with van der Waals surface area (Å²) in [4.78, 5) is 29.3. The molecule has 3 aromatic rings. The molecule has 3 aromatic carbocycles. The van der Waals surface area contributed by atoms with Crippen LogP contribution in [-0.4, -0.2) is 56.6 Å². The Hall–Kier alpha value is -3.56. The highest BCUT2D eigenvalue weighted by molar-refractivity contribution is 7.92. The summed E-state index contributed by atoms with van der Waals surface area (Å²) in [6.45, 7) is 5.95. The number of amides is 2. The van der Waals surface area contributed by atoms with Crippen molar-refractivity contribution in [1.29, 1.82) is 0 Å². The number of methoxy groups -OCH3 is 1. The Kier molecular flexibility index (Phi) is 11.4. The quantitative estimate of drug-likeness (QED) is 0.277. The van der Waals surface area contributed by atoms with Crippen LogP contribution in [0.4, 0.5) is 5.69 Å². The number of carbonyl (C=O) groups excluding carboxylic acids is 2. The number of sulfonamides is 1. The minimum atomic E-state index is -3.63. The summed E-state index contributed by atoms with van der Waals surface area (Å²) in [5, 5.41) is 3.46. The number of ether oxygens (including phenoxy) is 1. The summed E-state index contributed by atoms with van der Waals surface area (Å²) in [5.41, 5.74) is 1.64. The van der Waals surface area contributed by atoms with Gasteiger partial charge >= 0.3 is 0 Å². The molecule has 0 heterocycles. The summed E-state index contributed by atoms with van der Waals surface area (Å²) in [7, 11) is -2.05. The van der Waals surface area contributed by atoms with E-state index in [1.54, 1.807) is 36.3 Å². The van der Waals surface area contributed by atoms with Gasteiger partial charge in [0, 0.05) is 36.5 Å². The number of nitrogens with zero attached hydrogens (tertiary/aromatic N) is 2. The fraction of sp³-hybridized carbons (Fsp3) is 0.375. The van der Waals surface area contributed by atoms with E-state index in [-0.39, 0.29) is 37.7 Å². The second kappa shape index (κ2) is 14.6. The average Bonchev–Trinajstić information content (AvgIpc) is 2.92. The number of hydrogen-bond donors (Lipinski definition) is 1. The number of nitrogens with one attached hydrogen (secondary N) is 1. The van der Waals surface area contributed by atoms with E-state index in [2.05, 4.69) is 5.32 Å². The molecule has 42 heavy (non-hydrogen) atoms. The number of halogens is 1. The molecular formula is C32H40ClN3O5S. The van der Waals surface area contributed by atoms with E-state index in [0.29, 0.717) is 22.9 Å². The fourth-order valence-electron chi connectivity index (χ4n) is 4.61. The lowest BCUT2D eigenvalue weighted by atomic mass is 10.00.